The summed E-state index contributed by atoms with van der Waals surface area (Å²) in [5.41, 5.74) is 1.78. The SMILES string of the molecule is Cc1ccc2c(c1)[C@@H](NC(=O)[C@@H](C)Oc1ccccc1Cl)CC(C)(C)O2. The Morgan fingerprint density at radius 1 is 1.31 bits per heavy atom. The second-order valence-corrected chi connectivity index (χ2v) is 7.77. The lowest BCUT2D eigenvalue weighted by Crippen LogP contribution is -2.44. The van der Waals surface area contributed by atoms with Gasteiger partial charge >= 0.3 is 0 Å². The highest BCUT2D eigenvalue weighted by Gasteiger charge is 2.35. The Balaban J connectivity index is 1.76. The number of hydrogen-bond acceptors (Lipinski definition) is 3. The molecule has 0 aromatic heterocycles. The molecule has 0 saturated heterocycles. The Morgan fingerprint density at radius 3 is 2.77 bits per heavy atom. The number of ether oxygens (including phenoxy) is 2. The van der Waals surface area contributed by atoms with Crippen LogP contribution < -0.4 is 14.8 Å². The molecule has 0 spiro atoms. The molecule has 3 rings (SSSR count). The van der Waals surface area contributed by atoms with Crippen LogP contribution in [0.25, 0.3) is 0 Å². The van der Waals surface area contributed by atoms with Gasteiger partial charge < -0.3 is 14.8 Å². The molecule has 0 fully saturated rings. The number of carbonyl (C=O) groups excluding carboxylic acids is 1. The lowest BCUT2D eigenvalue weighted by Gasteiger charge is -2.38. The molecule has 0 unspecified atom stereocenters. The first-order valence-corrected chi connectivity index (χ1v) is 9.14. The van der Waals surface area contributed by atoms with Gasteiger partial charge in [0.2, 0.25) is 0 Å². The molecular formula is C21H24ClNO3. The molecule has 26 heavy (non-hydrogen) atoms. The zero-order valence-electron chi connectivity index (χ0n) is 15.5. The topological polar surface area (TPSA) is 47.6 Å². The largest absolute Gasteiger partial charge is 0.487 e. The predicted octanol–water partition coefficient (Wildman–Crippen LogP) is 4.83. The molecule has 2 atom stereocenters. The van der Waals surface area contributed by atoms with Crippen LogP contribution in [0.2, 0.25) is 5.02 Å². The van der Waals surface area contributed by atoms with Gasteiger partial charge in [-0.3, -0.25) is 4.79 Å². The van der Waals surface area contributed by atoms with E-state index in [0.717, 1.165) is 16.9 Å². The second-order valence-electron chi connectivity index (χ2n) is 7.36. The van der Waals surface area contributed by atoms with Crippen LogP contribution in [-0.4, -0.2) is 17.6 Å². The second kappa shape index (κ2) is 7.20. The summed E-state index contributed by atoms with van der Waals surface area (Å²) in [6, 6.07) is 13.1. The van der Waals surface area contributed by atoms with Gasteiger partial charge in [0, 0.05) is 12.0 Å². The van der Waals surface area contributed by atoms with Gasteiger partial charge in [-0.05, 0) is 45.9 Å². The molecule has 1 amide bonds. The molecule has 138 valence electrons. The van der Waals surface area contributed by atoms with Crippen LogP contribution in [0.5, 0.6) is 11.5 Å². The first-order valence-electron chi connectivity index (χ1n) is 8.76. The summed E-state index contributed by atoms with van der Waals surface area (Å²) < 4.78 is 11.8. The monoisotopic (exact) mass is 373 g/mol. The molecular weight excluding hydrogens is 350 g/mol. The number of hydrogen-bond donors (Lipinski definition) is 1. The third-order valence-corrected chi connectivity index (χ3v) is 4.76. The van der Waals surface area contributed by atoms with Crippen LogP contribution in [0.15, 0.2) is 42.5 Å². The number of carbonyl (C=O) groups is 1. The molecule has 0 aliphatic carbocycles. The van der Waals surface area contributed by atoms with Crippen molar-refractivity contribution in [1.29, 1.82) is 0 Å². The Bertz CT molecular complexity index is 819. The fourth-order valence-corrected chi connectivity index (χ4v) is 3.36. The van der Waals surface area contributed by atoms with E-state index in [0.29, 0.717) is 17.2 Å². The average Bonchev–Trinajstić information content (AvgIpc) is 2.57. The summed E-state index contributed by atoms with van der Waals surface area (Å²) in [4.78, 5) is 12.7. The van der Waals surface area contributed by atoms with Gasteiger partial charge in [0.15, 0.2) is 6.10 Å². The highest BCUT2D eigenvalue weighted by atomic mass is 35.5. The van der Waals surface area contributed by atoms with Crippen molar-refractivity contribution >= 4 is 17.5 Å². The molecule has 0 bridgehead atoms. The molecule has 2 aromatic rings. The van der Waals surface area contributed by atoms with Gasteiger partial charge in [0.25, 0.3) is 5.91 Å². The number of amides is 1. The summed E-state index contributed by atoms with van der Waals surface area (Å²) in [6.45, 7) is 7.81. The third kappa shape index (κ3) is 4.13. The maximum atomic E-state index is 12.7. The molecule has 1 aliphatic heterocycles. The van der Waals surface area contributed by atoms with Crippen LogP contribution in [0.4, 0.5) is 0 Å². The maximum absolute atomic E-state index is 12.7. The van der Waals surface area contributed by atoms with E-state index in [1.165, 1.54) is 0 Å². The number of rotatable bonds is 4. The lowest BCUT2D eigenvalue weighted by atomic mass is 9.89. The standard InChI is InChI=1S/C21H24ClNO3/c1-13-9-10-18-15(11-13)17(12-21(3,4)26-18)23-20(24)14(2)25-19-8-6-5-7-16(19)22/h5-11,14,17H,12H2,1-4H3,(H,23,24)/t14-,17+/m1/s1. The summed E-state index contributed by atoms with van der Waals surface area (Å²) in [5, 5.41) is 3.60. The first-order chi connectivity index (χ1) is 12.2. The highest BCUT2D eigenvalue weighted by Crippen LogP contribution is 2.40. The van der Waals surface area contributed by atoms with Gasteiger partial charge in [-0.25, -0.2) is 0 Å². The van der Waals surface area contributed by atoms with E-state index < -0.39 is 6.10 Å². The minimum absolute atomic E-state index is 0.126. The number of nitrogens with one attached hydrogen (secondary N) is 1. The molecule has 4 nitrogen and oxygen atoms in total. The van der Waals surface area contributed by atoms with E-state index >= 15 is 0 Å². The molecule has 5 heteroatoms. The number of halogens is 1. The zero-order chi connectivity index (χ0) is 18.9. The van der Waals surface area contributed by atoms with E-state index in [9.17, 15) is 4.79 Å². The van der Waals surface area contributed by atoms with Crippen molar-refractivity contribution in [3.63, 3.8) is 0 Å². The van der Waals surface area contributed by atoms with Crippen LogP contribution in [-0.2, 0) is 4.79 Å². The average molecular weight is 374 g/mol. The fourth-order valence-electron chi connectivity index (χ4n) is 3.18. The minimum atomic E-state index is -0.658. The fraction of sp³-hybridized carbons (Fsp3) is 0.381. The molecule has 2 aromatic carbocycles. The number of para-hydroxylation sites is 1. The smallest absolute Gasteiger partial charge is 0.261 e. The Hall–Kier alpha value is -2.20. The Kier molecular flexibility index (Phi) is 5.15. The first kappa shape index (κ1) is 18.6. The van der Waals surface area contributed by atoms with Crippen LogP contribution in [0, 0.1) is 6.92 Å². The summed E-state index contributed by atoms with van der Waals surface area (Å²) in [5.74, 6) is 1.14. The quantitative estimate of drug-likeness (QED) is 0.834. The van der Waals surface area contributed by atoms with Crippen molar-refractivity contribution < 1.29 is 14.3 Å². The lowest BCUT2D eigenvalue weighted by molar-refractivity contribution is -0.128. The van der Waals surface area contributed by atoms with Gasteiger partial charge in [-0.15, -0.1) is 0 Å². The normalized spacial score (nSPS) is 19.0. The maximum Gasteiger partial charge on any atom is 0.261 e. The van der Waals surface area contributed by atoms with Crippen LogP contribution in [0.3, 0.4) is 0 Å². The van der Waals surface area contributed by atoms with Crippen molar-refractivity contribution in [2.24, 2.45) is 0 Å². The molecule has 1 N–H and O–H groups in total. The van der Waals surface area contributed by atoms with Crippen LogP contribution >= 0.6 is 11.6 Å². The molecule has 0 radical (unpaired) electrons. The molecule has 1 aliphatic rings. The zero-order valence-corrected chi connectivity index (χ0v) is 16.3. The van der Waals surface area contributed by atoms with E-state index in [1.807, 2.05) is 45.0 Å². The van der Waals surface area contributed by atoms with Gasteiger partial charge in [0.1, 0.15) is 17.1 Å². The van der Waals surface area contributed by atoms with Crippen molar-refractivity contribution in [1.82, 2.24) is 5.32 Å². The van der Waals surface area contributed by atoms with Crippen LogP contribution in [0.1, 0.15) is 44.4 Å². The summed E-state index contributed by atoms with van der Waals surface area (Å²) >= 11 is 6.11. The predicted molar refractivity (Wildman–Crippen MR) is 103 cm³/mol. The third-order valence-electron chi connectivity index (χ3n) is 4.45. The van der Waals surface area contributed by atoms with E-state index in [4.69, 9.17) is 21.1 Å². The summed E-state index contributed by atoms with van der Waals surface area (Å²) in [6.07, 6.45) is 0.0303. The van der Waals surface area contributed by atoms with E-state index in [-0.39, 0.29) is 17.6 Å². The number of aryl methyl sites for hydroxylation is 1. The Labute approximate surface area is 159 Å². The summed E-state index contributed by atoms with van der Waals surface area (Å²) in [7, 11) is 0. The van der Waals surface area contributed by atoms with Crippen molar-refractivity contribution in [3.8, 4) is 11.5 Å². The molecule has 0 saturated carbocycles. The van der Waals surface area contributed by atoms with Gasteiger partial charge in [-0.1, -0.05) is 41.4 Å². The van der Waals surface area contributed by atoms with E-state index in [2.05, 4.69) is 11.4 Å². The van der Waals surface area contributed by atoms with Crippen molar-refractivity contribution in [2.75, 3.05) is 0 Å². The van der Waals surface area contributed by atoms with Gasteiger partial charge in [0.05, 0.1) is 11.1 Å². The van der Waals surface area contributed by atoms with Gasteiger partial charge in [-0.2, -0.15) is 0 Å². The van der Waals surface area contributed by atoms with Crippen molar-refractivity contribution in [3.05, 3.63) is 58.6 Å². The number of fused-ring (bicyclic) bond motifs is 1. The minimum Gasteiger partial charge on any atom is -0.487 e. The van der Waals surface area contributed by atoms with E-state index in [1.54, 1.807) is 19.1 Å². The Morgan fingerprint density at radius 2 is 2.04 bits per heavy atom. The number of benzene rings is 2. The molecule has 1 heterocycles. The highest BCUT2D eigenvalue weighted by molar-refractivity contribution is 6.32. The van der Waals surface area contributed by atoms with Crippen molar-refractivity contribution in [2.45, 2.75) is 51.9 Å².